The van der Waals surface area contributed by atoms with Crippen molar-refractivity contribution in [3.05, 3.63) is 11.1 Å². The highest BCUT2D eigenvalue weighted by Crippen LogP contribution is 2.24. The molecule has 2 aliphatic heterocycles. The fourth-order valence-electron chi connectivity index (χ4n) is 3.27. The van der Waals surface area contributed by atoms with Gasteiger partial charge in [-0.15, -0.1) is 35.3 Å². The third-order valence-electron chi connectivity index (χ3n) is 4.75. The highest BCUT2D eigenvalue weighted by molar-refractivity contribution is 14.0. The summed E-state index contributed by atoms with van der Waals surface area (Å²) in [4.78, 5) is 11.8. The van der Waals surface area contributed by atoms with Crippen molar-refractivity contribution >= 4 is 46.4 Å². The van der Waals surface area contributed by atoms with Gasteiger partial charge in [-0.05, 0) is 32.6 Å². The number of hydrogen-bond donors (Lipinski definition) is 2. The molecule has 1 atom stereocenters. The Balaban J connectivity index is 0.00000280. The van der Waals surface area contributed by atoms with E-state index in [4.69, 9.17) is 14.5 Å². The Morgan fingerprint density at radius 1 is 1.39 bits per heavy atom. The Morgan fingerprint density at radius 2 is 2.25 bits per heavy atom. The van der Waals surface area contributed by atoms with Crippen LogP contribution in [0.25, 0.3) is 0 Å². The molecule has 28 heavy (non-hydrogen) atoms. The van der Waals surface area contributed by atoms with Gasteiger partial charge in [0.1, 0.15) is 0 Å². The highest BCUT2D eigenvalue weighted by atomic mass is 127. The number of thiazole rings is 1. The third kappa shape index (κ3) is 8.00. The average Bonchev–Trinajstić information content (AvgIpc) is 3.43. The molecule has 2 saturated heterocycles. The van der Waals surface area contributed by atoms with Gasteiger partial charge in [0, 0.05) is 57.7 Å². The van der Waals surface area contributed by atoms with Gasteiger partial charge in [-0.1, -0.05) is 0 Å². The molecule has 1 aromatic rings. The van der Waals surface area contributed by atoms with Crippen LogP contribution in [0, 0.1) is 0 Å². The monoisotopic (exact) mass is 523 g/mol. The fourth-order valence-corrected chi connectivity index (χ4v) is 4.18. The molecule has 3 heterocycles. The summed E-state index contributed by atoms with van der Waals surface area (Å²) in [5.41, 5.74) is 1.16. The van der Waals surface area contributed by atoms with Crippen LogP contribution in [-0.2, 0) is 15.9 Å². The van der Waals surface area contributed by atoms with Crippen molar-refractivity contribution in [1.82, 2.24) is 15.6 Å². The maximum Gasteiger partial charge on any atom is 0.191 e. The second-order valence-corrected chi connectivity index (χ2v) is 7.80. The first-order valence-electron chi connectivity index (χ1n) is 10.3. The quantitative estimate of drug-likeness (QED) is 0.213. The molecule has 2 fully saturated rings. The summed E-state index contributed by atoms with van der Waals surface area (Å²) < 4.78 is 11.1. The molecule has 2 N–H and O–H groups in total. The van der Waals surface area contributed by atoms with Crippen molar-refractivity contribution in [3.63, 3.8) is 0 Å². The maximum absolute atomic E-state index is 5.78. The first-order chi connectivity index (χ1) is 13.3. The fraction of sp³-hybridized carbons (Fsp3) is 0.789. The van der Waals surface area contributed by atoms with Crippen molar-refractivity contribution in [2.24, 2.45) is 4.99 Å². The van der Waals surface area contributed by atoms with E-state index in [-0.39, 0.29) is 30.1 Å². The number of anilines is 1. The van der Waals surface area contributed by atoms with Crippen LogP contribution in [0.3, 0.4) is 0 Å². The Labute approximate surface area is 189 Å². The van der Waals surface area contributed by atoms with E-state index < -0.39 is 0 Å². The minimum Gasteiger partial charge on any atom is -0.379 e. The van der Waals surface area contributed by atoms with E-state index in [1.165, 1.54) is 18.0 Å². The van der Waals surface area contributed by atoms with Crippen LogP contribution in [0.4, 0.5) is 5.13 Å². The van der Waals surface area contributed by atoms with Crippen LogP contribution in [0.1, 0.15) is 38.3 Å². The van der Waals surface area contributed by atoms with E-state index in [9.17, 15) is 0 Å². The lowest BCUT2D eigenvalue weighted by molar-refractivity contribution is 0.0424. The first kappa shape index (κ1) is 23.6. The molecule has 1 aromatic heterocycles. The molecule has 2 aliphatic rings. The molecule has 0 aliphatic carbocycles. The van der Waals surface area contributed by atoms with Crippen LogP contribution in [0.15, 0.2) is 10.4 Å². The largest absolute Gasteiger partial charge is 0.379 e. The lowest BCUT2D eigenvalue weighted by Crippen LogP contribution is -2.38. The van der Waals surface area contributed by atoms with Gasteiger partial charge in [0.05, 0.1) is 18.4 Å². The molecule has 1 unspecified atom stereocenters. The molecule has 0 spiro atoms. The van der Waals surface area contributed by atoms with Crippen LogP contribution in [-0.4, -0.2) is 69.6 Å². The van der Waals surface area contributed by atoms with Gasteiger partial charge in [-0.25, -0.2) is 4.98 Å². The number of halogens is 1. The van der Waals surface area contributed by atoms with E-state index in [0.29, 0.717) is 0 Å². The van der Waals surface area contributed by atoms with E-state index in [2.05, 4.69) is 32.8 Å². The Morgan fingerprint density at radius 3 is 3.00 bits per heavy atom. The number of aliphatic imine (C=N–C) groups is 1. The maximum atomic E-state index is 5.78. The Kier molecular flexibility index (Phi) is 11.4. The van der Waals surface area contributed by atoms with Crippen LogP contribution >= 0.6 is 35.3 Å². The minimum atomic E-state index is 0. The molecule has 0 amide bonds. The second-order valence-electron chi connectivity index (χ2n) is 6.96. The summed E-state index contributed by atoms with van der Waals surface area (Å²) in [6.07, 6.45) is 5.72. The summed E-state index contributed by atoms with van der Waals surface area (Å²) in [5.74, 6) is 0.872. The molecule has 0 saturated carbocycles. The van der Waals surface area contributed by atoms with Crippen LogP contribution < -0.4 is 15.5 Å². The van der Waals surface area contributed by atoms with Gasteiger partial charge in [-0.3, -0.25) is 4.99 Å². The zero-order chi connectivity index (χ0) is 18.7. The molecule has 3 rings (SSSR count). The van der Waals surface area contributed by atoms with Crippen LogP contribution in [0.5, 0.6) is 0 Å². The smallest absolute Gasteiger partial charge is 0.191 e. The summed E-state index contributed by atoms with van der Waals surface area (Å²) >= 11 is 1.76. The number of aromatic nitrogens is 1. The number of hydrogen-bond acceptors (Lipinski definition) is 6. The summed E-state index contributed by atoms with van der Waals surface area (Å²) in [6, 6.07) is 0. The highest BCUT2D eigenvalue weighted by Gasteiger charge is 2.16. The normalized spacial score (nSPS) is 19.7. The van der Waals surface area contributed by atoms with Crippen molar-refractivity contribution in [2.75, 3.05) is 57.4 Å². The van der Waals surface area contributed by atoms with Crippen LogP contribution in [0.2, 0.25) is 0 Å². The number of rotatable bonds is 10. The molecule has 0 radical (unpaired) electrons. The summed E-state index contributed by atoms with van der Waals surface area (Å²) in [7, 11) is 0. The SMILES string of the molecule is CCNC(=NCCCOC1CCOC1)NCCc1csc(N2CCCC2)n1.I. The molecule has 9 heteroatoms. The number of ether oxygens (including phenoxy) is 2. The Bertz CT molecular complexity index is 574. The lowest BCUT2D eigenvalue weighted by Gasteiger charge is -2.12. The molecule has 0 bridgehead atoms. The average molecular weight is 523 g/mol. The van der Waals surface area contributed by atoms with Gasteiger partial charge in [0.25, 0.3) is 0 Å². The number of nitrogens with one attached hydrogen (secondary N) is 2. The zero-order valence-corrected chi connectivity index (χ0v) is 20.0. The summed E-state index contributed by atoms with van der Waals surface area (Å²) in [5, 5.41) is 10.1. The first-order valence-corrected chi connectivity index (χ1v) is 11.1. The Hall–Kier alpha value is -0.650. The van der Waals surface area contributed by atoms with Gasteiger partial charge in [0.2, 0.25) is 0 Å². The van der Waals surface area contributed by atoms with Gasteiger partial charge in [-0.2, -0.15) is 0 Å². The molecule has 160 valence electrons. The minimum absolute atomic E-state index is 0. The van der Waals surface area contributed by atoms with Crippen molar-refractivity contribution in [3.8, 4) is 0 Å². The standard InChI is InChI=1S/C19H33N5O2S.HI/c1-2-20-18(21-8-5-12-26-17-7-13-25-14-17)22-9-6-16-15-27-19(23-16)24-10-3-4-11-24;/h15,17H,2-14H2,1H3,(H2,20,21,22);1H. The number of guanidine groups is 1. The summed E-state index contributed by atoms with van der Waals surface area (Å²) in [6.45, 7) is 9.17. The molecular weight excluding hydrogens is 489 g/mol. The zero-order valence-electron chi connectivity index (χ0n) is 16.8. The van der Waals surface area contributed by atoms with E-state index in [1.54, 1.807) is 11.3 Å². The molecular formula is C19H34IN5O2S. The van der Waals surface area contributed by atoms with Crippen molar-refractivity contribution in [1.29, 1.82) is 0 Å². The predicted octanol–water partition coefficient (Wildman–Crippen LogP) is 2.65. The second kappa shape index (κ2) is 13.6. The lowest BCUT2D eigenvalue weighted by atomic mass is 10.3. The van der Waals surface area contributed by atoms with E-state index in [0.717, 1.165) is 83.5 Å². The topological polar surface area (TPSA) is 71.0 Å². The van der Waals surface area contributed by atoms with Crippen molar-refractivity contribution in [2.45, 2.75) is 45.1 Å². The van der Waals surface area contributed by atoms with Gasteiger partial charge >= 0.3 is 0 Å². The third-order valence-corrected chi connectivity index (χ3v) is 5.70. The molecule has 0 aromatic carbocycles. The van der Waals surface area contributed by atoms with Gasteiger partial charge in [0.15, 0.2) is 11.1 Å². The van der Waals surface area contributed by atoms with Crippen molar-refractivity contribution < 1.29 is 9.47 Å². The van der Waals surface area contributed by atoms with Gasteiger partial charge < -0.3 is 25.0 Å². The molecule has 7 nitrogen and oxygen atoms in total. The van der Waals surface area contributed by atoms with E-state index in [1.807, 2.05) is 0 Å². The van der Waals surface area contributed by atoms with E-state index >= 15 is 0 Å². The predicted molar refractivity (Wildman–Crippen MR) is 126 cm³/mol. The number of nitrogens with zero attached hydrogens (tertiary/aromatic N) is 3.